The minimum atomic E-state index is -0.611. The van der Waals surface area contributed by atoms with Crippen molar-refractivity contribution in [2.75, 3.05) is 0 Å². The van der Waals surface area contributed by atoms with Crippen molar-refractivity contribution in [3.63, 3.8) is 0 Å². The van der Waals surface area contributed by atoms with E-state index in [0.29, 0.717) is 12.3 Å². The smallest absolute Gasteiger partial charge is 0.0626 e. The van der Waals surface area contributed by atoms with Gasteiger partial charge in [0.15, 0.2) is 0 Å². The zero-order chi connectivity index (χ0) is 12.2. The third kappa shape index (κ3) is 4.80. The number of aliphatic hydroxyl groups is 1. The Bertz CT molecular complexity index is 302. The van der Waals surface area contributed by atoms with Crippen LogP contribution in [0.5, 0.6) is 0 Å². The van der Waals surface area contributed by atoms with Gasteiger partial charge in [0.05, 0.1) is 5.60 Å². The largest absolute Gasteiger partial charge is 0.390 e. The van der Waals surface area contributed by atoms with Crippen LogP contribution < -0.4 is 0 Å². The molecule has 0 saturated heterocycles. The highest BCUT2D eigenvalue weighted by atomic mass is 16.3. The summed E-state index contributed by atoms with van der Waals surface area (Å²) >= 11 is 0. The molecule has 0 fully saturated rings. The lowest BCUT2D eigenvalue weighted by Crippen LogP contribution is -2.16. The third-order valence-corrected chi connectivity index (χ3v) is 3.11. The molecule has 1 atom stereocenters. The Hall–Kier alpha value is -0.820. The molecule has 0 amide bonds. The molecule has 0 bridgehead atoms. The summed E-state index contributed by atoms with van der Waals surface area (Å²) < 4.78 is 0. The van der Waals surface area contributed by atoms with Gasteiger partial charge in [0.2, 0.25) is 0 Å². The van der Waals surface area contributed by atoms with E-state index in [-0.39, 0.29) is 0 Å². The van der Waals surface area contributed by atoms with Crippen LogP contribution in [0.15, 0.2) is 36.0 Å². The van der Waals surface area contributed by atoms with E-state index in [1.165, 1.54) is 24.0 Å². The highest BCUT2D eigenvalue weighted by Gasteiger charge is 2.14. The lowest BCUT2D eigenvalue weighted by atomic mass is 9.85. The number of hydrogen-bond acceptors (Lipinski definition) is 1. The molecule has 1 rings (SSSR count). The van der Waals surface area contributed by atoms with Gasteiger partial charge in [-0.3, -0.25) is 0 Å². The highest BCUT2D eigenvalue weighted by Crippen LogP contribution is 2.28. The summed E-state index contributed by atoms with van der Waals surface area (Å²) in [4.78, 5) is 0. The van der Waals surface area contributed by atoms with Crippen LogP contribution in [0.1, 0.15) is 46.5 Å². The first-order valence-corrected chi connectivity index (χ1v) is 6.12. The van der Waals surface area contributed by atoms with Gasteiger partial charge in [0, 0.05) is 0 Å². The zero-order valence-corrected chi connectivity index (χ0v) is 10.8. The summed E-state index contributed by atoms with van der Waals surface area (Å²) in [5, 5.41) is 9.59. The minimum absolute atomic E-state index is 0.599. The molecule has 1 nitrogen and oxygen atoms in total. The fraction of sp³-hybridized carbons (Fsp3) is 0.600. The van der Waals surface area contributed by atoms with Crippen LogP contribution in [0.2, 0.25) is 0 Å². The molecule has 0 heterocycles. The van der Waals surface area contributed by atoms with Crippen LogP contribution >= 0.6 is 0 Å². The standard InChI is InChI=1S/C15H24O/c1-12-7-9-14(10-8-12)13(2)6-5-11-15(3,4)16/h5-7,14,16H,2,8-11H2,1,3-4H3/b6-5+/t14-/m0/s1. The average Bonchev–Trinajstić information content (AvgIpc) is 2.16. The van der Waals surface area contributed by atoms with Crippen LogP contribution in [-0.2, 0) is 0 Å². The maximum absolute atomic E-state index is 9.59. The van der Waals surface area contributed by atoms with E-state index in [9.17, 15) is 5.11 Å². The van der Waals surface area contributed by atoms with Crippen molar-refractivity contribution < 1.29 is 5.11 Å². The zero-order valence-electron chi connectivity index (χ0n) is 10.8. The van der Waals surface area contributed by atoms with Crippen molar-refractivity contribution in [2.45, 2.75) is 52.1 Å². The van der Waals surface area contributed by atoms with E-state index in [2.05, 4.69) is 25.7 Å². The molecule has 0 radical (unpaired) electrons. The predicted octanol–water partition coefficient (Wildman–Crippen LogP) is 4.01. The molecule has 0 aliphatic heterocycles. The molecule has 1 aliphatic carbocycles. The van der Waals surface area contributed by atoms with Gasteiger partial charge >= 0.3 is 0 Å². The molecule has 0 aromatic heterocycles. The van der Waals surface area contributed by atoms with Gasteiger partial charge in [-0.2, -0.15) is 0 Å². The molecule has 0 unspecified atom stereocenters. The Morgan fingerprint density at radius 2 is 2.31 bits per heavy atom. The molecular formula is C15H24O. The van der Waals surface area contributed by atoms with Crippen molar-refractivity contribution in [3.05, 3.63) is 36.0 Å². The molecule has 0 spiro atoms. The van der Waals surface area contributed by atoms with Crippen LogP contribution in [0, 0.1) is 5.92 Å². The molecule has 0 saturated carbocycles. The first-order chi connectivity index (χ1) is 7.38. The highest BCUT2D eigenvalue weighted by molar-refractivity contribution is 5.21. The molecule has 16 heavy (non-hydrogen) atoms. The normalized spacial score (nSPS) is 22.2. The Morgan fingerprint density at radius 3 is 2.81 bits per heavy atom. The number of hydrogen-bond donors (Lipinski definition) is 1. The van der Waals surface area contributed by atoms with Crippen molar-refractivity contribution in [1.29, 1.82) is 0 Å². The van der Waals surface area contributed by atoms with Gasteiger partial charge in [-0.25, -0.2) is 0 Å². The van der Waals surface area contributed by atoms with Gasteiger partial charge in [0.25, 0.3) is 0 Å². The third-order valence-electron chi connectivity index (χ3n) is 3.11. The van der Waals surface area contributed by atoms with E-state index < -0.39 is 5.60 Å². The lowest BCUT2D eigenvalue weighted by Gasteiger charge is -2.21. The predicted molar refractivity (Wildman–Crippen MR) is 70.3 cm³/mol. The number of allylic oxidation sites excluding steroid dienone is 4. The first-order valence-electron chi connectivity index (χ1n) is 6.12. The molecule has 1 heteroatoms. The Balaban J connectivity index is 2.41. The van der Waals surface area contributed by atoms with Gasteiger partial charge in [-0.1, -0.05) is 36.0 Å². The van der Waals surface area contributed by atoms with E-state index in [4.69, 9.17) is 0 Å². The molecule has 0 aromatic carbocycles. The Labute approximate surface area is 99.6 Å². The van der Waals surface area contributed by atoms with Crippen LogP contribution in [-0.4, -0.2) is 10.7 Å². The quantitative estimate of drug-likeness (QED) is 0.560. The topological polar surface area (TPSA) is 20.2 Å². The minimum Gasteiger partial charge on any atom is -0.390 e. The maximum Gasteiger partial charge on any atom is 0.0626 e. The van der Waals surface area contributed by atoms with E-state index in [1.54, 1.807) is 0 Å². The van der Waals surface area contributed by atoms with Crippen LogP contribution in [0.3, 0.4) is 0 Å². The van der Waals surface area contributed by atoms with Crippen molar-refractivity contribution in [1.82, 2.24) is 0 Å². The van der Waals surface area contributed by atoms with Crippen molar-refractivity contribution in [3.8, 4) is 0 Å². The molecule has 1 aliphatic rings. The van der Waals surface area contributed by atoms with Crippen molar-refractivity contribution in [2.24, 2.45) is 5.92 Å². The Morgan fingerprint density at radius 1 is 1.62 bits per heavy atom. The second kappa shape index (κ2) is 5.49. The van der Waals surface area contributed by atoms with Gasteiger partial charge < -0.3 is 5.11 Å². The molecular weight excluding hydrogens is 196 g/mol. The number of rotatable bonds is 4. The van der Waals surface area contributed by atoms with Gasteiger partial charge in [0.1, 0.15) is 0 Å². The molecule has 90 valence electrons. The summed E-state index contributed by atoms with van der Waals surface area (Å²) in [7, 11) is 0. The SMILES string of the molecule is C=C(/C=C/CC(C)(C)O)[C@H]1CC=C(C)CC1. The van der Waals surface area contributed by atoms with E-state index >= 15 is 0 Å². The summed E-state index contributed by atoms with van der Waals surface area (Å²) in [6, 6.07) is 0. The van der Waals surface area contributed by atoms with Crippen LogP contribution in [0.25, 0.3) is 0 Å². The second-order valence-electron chi connectivity index (χ2n) is 5.52. The monoisotopic (exact) mass is 220 g/mol. The second-order valence-corrected chi connectivity index (χ2v) is 5.52. The fourth-order valence-corrected chi connectivity index (χ4v) is 1.94. The molecule has 0 aromatic rings. The van der Waals surface area contributed by atoms with Gasteiger partial charge in [-0.05, 0) is 52.4 Å². The first kappa shape index (κ1) is 13.2. The van der Waals surface area contributed by atoms with E-state index in [0.717, 1.165) is 6.42 Å². The summed E-state index contributed by atoms with van der Waals surface area (Å²) in [6.07, 6.45) is 10.7. The van der Waals surface area contributed by atoms with Gasteiger partial charge in [-0.15, -0.1) is 0 Å². The summed E-state index contributed by atoms with van der Waals surface area (Å²) in [6.45, 7) is 9.98. The average molecular weight is 220 g/mol. The van der Waals surface area contributed by atoms with Crippen molar-refractivity contribution >= 4 is 0 Å². The molecule has 1 N–H and O–H groups in total. The summed E-state index contributed by atoms with van der Waals surface area (Å²) in [5.41, 5.74) is 2.09. The lowest BCUT2D eigenvalue weighted by molar-refractivity contribution is 0.0839. The maximum atomic E-state index is 9.59. The Kier molecular flexibility index (Phi) is 4.55. The fourth-order valence-electron chi connectivity index (χ4n) is 1.94. The van der Waals surface area contributed by atoms with Crippen LogP contribution in [0.4, 0.5) is 0 Å². The van der Waals surface area contributed by atoms with E-state index in [1.807, 2.05) is 19.9 Å². The summed E-state index contributed by atoms with van der Waals surface area (Å²) in [5.74, 6) is 0.599.